The van der Waals surface area contributed by atoms with Crippen molar-refractivity contribution in [3.8, 4) is 0 Å². The van der Waals surface area contributed by atoms with Crippen LogP contribution < -0.4 is 10.6 Å². The molecule has 5 nitrogen and oxygen atoms in total. The van der Waals surface area contributed by atoms with Crippen LogP contribution in [0.2, 0.25) is 0 Å². The maximum absolute atomic E-state index is 12.1. The Morgan fingerprint density at radius 3 is 2.67 bits per heavy atom. The Kier molecular flexibility index (Phi) is 5.14. The minimum atomic E-state index is -0.253. The van der Waals surface area contributed by atoms with E-state index in [9.17, 15) is 9.59 Å². The summed E-state index contributed by atoms with van der Waals surface area (Å²) in [6.45, 7) is 9.41. The molecule has 0 bridgehead atoms. The second-order valence-corrected chi connectivity index (χ2v) is 5.81. The third-order valence-corrected chi connectivity index (χ3v) is 2.83. The van der Waals surface area contributed by atoms with Gasteiger partial charge < -0.3 is 15.5 Å². The van der Waals surface area contributed by atoms with Crippen LogP contribution in [-0.2, 0) is 9.59 Å². The fraction of sp³-hybridized carbons (Fsp3) is 0.846. The van der Waals surface area contributed by atoms with Gasteiger partial charge in [-0.3, -0.25) is 9.59 Å². The van der Waals surface area contributed by atoms with Crippen molar-refractivity contribution in [1.82, 2.24) is 15.5 Å². The molecule has 5 heteroatoms. The zero-order valence-electron chi connectivity index (χ0n) is 11.9. The number of likely N-dealkylation sites (N-methyl/N-ethyl adjacent to an activating group) is 1. The van der Waals surface area contributed by atoms with Crippen LogP contribution in [0.15, 0.2) is 0 Å². The molecule has 0 aromatic carbocycles. The van der Waals surface area contributed by atoms with Crippen LogP contribution in [0.4, 0.5) is 0 Å². The lowest BCUT2D eigenvalue weighted by molar-refractivity contribution is -0.140. The number of nitrogens with zero attached hydrogens (tertiary/aromatic N) is 1. The molecule has 0 radical (unpaired) electrons. The average molecular weight is 255 g/mol. The minimum Gasteiger partial charge on any atom is -0.350 e. The molecule has 0 aromatic rings. The van der Waals surface area contributed by atoms with Gasteiger partial charge in [0.2, 0.25) is 11.8 Å². The average Bonchev–Trinajstić information content (AvgIpc) is 2.21. The van der Waals surface area contributed by atoms with Gasteiger partial charge in [0.25, 0.3) is 0 Å². The van der Waals surface area contributed by atoms with Crippen molar-refractivity contribution < 1.29 is 9.59 Å². The predicted octanol–water partition coefficient (Wildman–Crippen LogP) is 0.502. The Morgan fingerprint density at radius 1 is 1.44 bits per heavy atom. The van der Waals surface area contributed by atoms with Crippen LogP contribution in [0, 0.1) is 0 Å². The lowest BCUT2D eigenvalue weighted by Gasteiger charge is -2.33. The molecular formula is C13H25N3O2. The molecule has 2 N–H and O–H groups in total. The van der Waals surface area contributed by atoms with E-state index in [0.29, 0.717) is 6.54 Å². The highest BCUT2D eigenvalue weighted by Crippen LogP contribution is 2.11. The van der Waals surface area contributed by atoms with E-state index in [-0.39, 0.29) is 29.9 Å². The van der Waals surface area contributed by atoms with E-state index in [1.165, 1.54) is 0 Å². The summed E-state index contributed by atoms with van der Waals surface area (Å²) < 4.78 is 0. The van der Waals surface area contributed by atoms with E-state index in [4.69, 9.17) is 0 Å². The van der Waals surface area contributed by atoms with Crippen LogP contribution in [0.1, 0.15) is 40.5 Å². The third kappa shape index (κ3) is 4.64. The monoisotopic (exact) mass is 255 g/mol. The molecule has 2 amide bonds. The van der Waals surface area contributed by atoms with Crippen LogP contribution in [0.25, 0.3) is 0 Å². The second-order valence-electron chi connectivity index (χ2n) is 5.81. The Labute approximate surface area is 109 Å². The van der Waals surface area contributed by atoms with Crippen molar-refractivity contribution in [2.24, 2.45) is 0 Å². The van der Waals surface area contributed by atoms with Crippen LogP contribution in [0.5, 0.6) is 0 Å². The molecule has 0 spiro atoms. The van der Waals surface area contributed by atoms with E-state index < -0.39 is 0 Å². The molecule has 0 saturated carbocycles. The fourth-order valence-corrected chi connectivity index (χ4v) is 2.16. The van der Waals surface area contributed by atoms with E-state index in [2.05, 4.69) is 10.6 Å². The Morgan fingerprint density at radius 2 is 2.11 bits per heavy atom. The maximum atomic E-state index is 12.1. The predicted molar refractivity (Wildman–Crippen MR) is 71.2 cm³/mol. The Bertz CT molecular complexity index is 308. The molecule has 0 aliphatic carbocycles. The molecule has 104 valence electrons. The molecule has 1 aliphatic heterocycles. The van der Waals surface area contributed by atoms with Gasteiger partial charge in [0.05, 0.1) is 12.6 Å². The van der Waals surface area contributed by atoms with Gasteiger partial charge >= 0.3 is 0 Å². The lowest BCUT2D eigenvalue weighted by atomic mass is 10.0. The fourth-order valence-electron chi connectivity index (χ4n) is 2.16. The molecule has 18 heavy (non-hydrogen) atoms. The van der Waals surface area contributed by atoms with Crippen molar-refractivity contribution >= 4 is 11.8 Å². The molecule has 1 saturated heterocycles. The molecule has 1 atom stereocenters. The van der Waals surface area contributed by atoms with Gasteiger partial charge in [0.15, 0.2) is 0 Å². The molecule has 1 fully saturated rings. The van der Waals surface area contributed by atoms with Gasteiger partial charge in [-0.25, -0.2) is 0 Å². The third-order valence-electron chi connectivity index (χ3n) is 2.83. The second kappa shape index (κ2) is 6.18. The highest BCUT2D eigenvalue weighted by atomic mass is 16.2. The SMILES string of the molecule is CCNC1CCCN(CC(=O)NC(C)(C)C)C1=O. The van der Waals surface area contributed by atoms with Crippen molar-refractivity contribution in [1.29, 1.82) is 0 Å². The number of hydrogen-bond donors (Lipinski definition) is 2. The topological polar surface area (TPSA) is 61.4 Å². The molecule has 1 unspecified atom stereocenters. The maximum Gasteiger partial charge on any atom is 0.240 e. The first-order valence-electron chi connectivity index (χ1n) is 6.66. The Hall–Kier alpha value is -1.10. The summed E-state index contributed by atoms with van der Waals surface area (Å²) in [4.78, 5) is 25.6. The van der Waals surface area contributed by atoms with Crippen LogP contribution >= 0.6 is 0 Å². The number of piperidine rings is 1. The van der Waals surface area contributed by atoms with E-state index >= 15 is 0 Å². The van der Waals surface area contributed by atoms with Gasteiger partial charge in [0, 0.05) is 12.1 Å². The summed E-state index contributed by atoms with van der Waals surface area (Å²) in [6, 6.07) is -0.119. The number of hydrogen-bond acceptors (Lipinski definition) is 3. The number of carbonyl (C=O) groups is 2. The summed E-state index contributed by atoms with van der Waals surface area (Å²) in [7, 11) is 0. The first kappa shape index (κ1) is 15.0. The van der Waals surface area contributed by atoms with Gasteiger partial charge in [-0.15, -0.1) is 0 Å². The summed E-state index contributed by atoms with van der Waals surface area (Å²) in [6.07, 6.45) is 1.82. The summed E-state index contributed by atoms with van der Waals surface area (Å²) >= 11 is 0. The largest absolute Gasteiger partial charge is 0.350 e. The van der Waals surface area contributed by atoms with Crippen LogP contribution in [0.3, 0.4) is 0 Å². The number of carbonyl (C=O) groups excluding carboxylic acids is 2. The molecular weight excluding hydrogens is 230 g/mol. The number of nitrogens with one attached hydrogen (secondary N) is 2. The number of rotatable bonds is 4. The molecule has 1 heterocycles. The normalized spacial score (nSPS) is 21.0. The molecule has 1 rings (SSSR count). The highest BCUT2D eigenvalue weighted by Gasteiger charge is 2.29. The first-order valence-corrected chi connectivity index (χ1v) is 6.66. The van der Waals surface area contributed by atoms with E-state index in [0.717, 1.165) is 19.4 Å². The summed E-state index contributed by atoms with van der Waals surface area (Å²) in [5.74, 6) is -0.0415. The molecule has 0 aromatic heterocycles. The first-order chi connectivity index (χ1) is 8.33. The van der Waals surface area contributed by atoms with Crippen LogP contribution in [-0.4, -0.2) is 47.9 Å². The van der Waals surface area contributed by atoms with E-state index in [1.54, 1.807) is 4.90 Å². The lowest BCUT2D eigenvalue weighted by Crippen LogP contribution is -2.54. The van der Waals surface area contributed by atoms with Crippen molar-refractivity contribution in [2.45, 2.75) is 52.1 Å². The molecule has 1 aliphatic rings. The van der Waals surface area contributed by atoms with Crippen molar-refractivity contribution in [3.63, 3.8) is 0 Å². The highest BCUT2D eigenvalue weighted by molar-refractivity contribution is 5.88. The van der Waals surface area contributed by atoms with Crippen molar-refractivity contribution in [3.05, 3.63) is 0 Å². The number of amides is 2. The minimum absolute atomic E-state index is 0.0483. The smallest absolute Gasteiger partial charge is 0.240 e. The van der Waals surface area contributed by atoms with Gasteiger partial charge in [-0.1, -0.05) is 6.92 Å². The number of likely N-dealkylation sites (tertiary alicyclic amines) is 1. The summed E-state index contributed by atoms with van der Waals surface area (Å²) in [5, 5.41) is 6.04. The van der Waals surface area contributed by atoms with Crippen molar-refractivity contribution in [2.75, 3.05) is 19.6 Å². The zero-order chi connectivity index (χ0) is 13.8. The van der Waals surface area contributed by atoms with Gasteiger partial charge in [-0.2, -0.15) is 0 Å². The van der Waals surface area contributed by atoms with Gasteiger partial charge in [-0.05, 0) is 40.2 Å². The summed E-state index contributed by atoms with van der Waals surface area (Å²) in [5.41, 5.74) is -0.253. The Balaban J connectivity index is 2.51. The quantitative estimate of drug-likeness (QED) is 0.769. The van der Waals surface area contributed by atoms with E-state index in [1.807, 2.05) is 27.7 Å². The zero-order valence-corrected chi connectivity index (χ0v) is 11.9. The standard InChI is InChI=1S/C13H25N3O2/c1-5-14-10-7-6-8-16(12(10)18)9-11(17)15-13(2,3)4/h10,14H,5-9H2,1-4H3,(H,15,17). The van der Waals surface area contributed by atoms with Gasteiger partial charge in [0.1, 0.15) is 0 Å².